The number of para-hydroxylation sites is 1. The van der Waals surface area contributed by atoms with Crippen molar-refractivity contribution in [2.75, 3.05) is 11.9 Å². The van der Waals surface area contributed by atoms with Gasteiger partial charge in [0.05, 0.1) is 13.2 Å². The number of fused-ring (bicyclic) bond motifs is 1. The van der Waals surface area contributed by atoms with Crippen molar-refractivity contribution in [3.05, 3.63) is 65.9 Å². The molecule has 5 heteroatoms. The summed E-state index contributed by atoms with van der Waals surface area (Å²) in [5.74, 6) is 2.86. The van der Waals surface area contributed by atoms with E-state index >= 15 is 0 Å². The van der Waals surface area contributed by atoms with Crippen LogP contribution in [0.1, 0.15) is 12.5 Å². The monoisotopic (exact) mass is 369 g/mol. The van der Waals surface area contributed by atoms with E-state index in [-0.39, 0.29) is 5.57 Å². The summed E-state index contributed by atoms with van der Waals surface area (Å²) in [6.07, 6.45) is 8.88. The third kappa shape index (κ3) is 4.06. The van der Waals surface area contributed by atoms with E-state index in [0.717, 1.165) is 22.2 Å². The summed E-state index contributed by atoms with van der Waals surface area (Å²) in [5.41, 5.74) is 2.32. The molecule has 0 aliphatic carbocycles. The summed E-state index contributed by atoms with van der Waals surface area (Å²) < 4.78 is 7.30. The third-order valence-corrected chi connectivity index (χ3v) is 4.17. The predicted molar refractivity (Wildman–Crippen MR) is 111 cm³/mol. The van der Waals surface area contributed by atoms with Crippen LogP contribution in [-0.4, -0.2) is 17.1 Å². The predicted octanol–water partition coefficient (Wildman–Crippen LogP) is 4.22. The number of anilines is 1. The third-order valence-electron chi connectivity index (χ3n) is 4.17. The summed E-state index contributed by atoms with van der Waals surface area (Å²) in [7, 11) is 0. The number of nitrogens with one attached hydrogen (secondary N) is 1. The van der Waals surface area contributed by atoms with Crippen LogP contribution < -0.4 is 10.1 Å². The van der Waals surface area contributed by atoms with Gasteiger partial charge in [-0.1, -0.05) is 24.1 Å². The summed E-state index contributed by atoms with van der Waals surface area (Å²) in [4.78, 5) is 12.6. The second-order valence-corrected chi connectivity index (χ2v) is 6.01. The first-order valence-corrected chi connectivity index (χ1v) is 8.83. The maximum absolute atomic E-state index is 12.6. The van der Waals surface area contributed by atoms with Crippen LogP contribution in [0.2, 0.25) is 0 Å². The molecule has 0 atom stereocenters. The van der Waals surface area contributed by atoms with Crippen molar-refractivity contribution in [2.24, 2.45) is 0 Å². The Hall–Kier alpha value is -3.96. The van der Waals surface area contributed by atoms with Gasteiger partial charge in [-0.05, 0) is 43.3 Å². The number of nitrogens with zero attached hydrogens (tertiary/aromatic N) is 2. The zero-order valence-corrected chi connectivity index (χ0v) is 15.5. The van der Waals surface area contributed by atoms with E-state index in [0.29, 0.717) is 18.8 Å². The number of carbonyl (C=O) groups excluding carboxylic acids is 1. The van der Waals surface area contributed by atoms with Crippen LogP contribution in [0.25, 0.3) is 17.0 Å². The van der Waals surface area contributed by atoms with Gasteiger partial charge in [0.1, 0.15) is 17.4 Å². The molecule has 0 aliphatic rings. The molecule has 0 bridgehead atoms. The Labute approximate surface area is 163 Å². The van der Waals surface area contributed by atoms with Gasteiger partial charge in [-0.25, -0.2) is 0 Å². The van der Waals surface area contributed by atoms with Crippen molar-refractivity contribution in [3.8, 4) is 24.2 Å². The lowest BCUT2D eigenvalue weighted by Gasteiger charge is -2.06. The van der Waals surface area contributed by atoms with Crippen molar-refractivity contribution in [3.63, 3.8) is 0 Å². The Kier molecular flexibility index (Phi) is 5.79. The average molecular weight is 369 g/mol. The van der Waals surface area contributed by atoms with E-state index < -0.39 is 5.91 Å². The topological polar surface area (TPSA) is 67.0 Å². The van der Waals surface area contributed by atoms with Crippen LogP contribution in [0.3, 0.4) is 0 Å². The van der Waals surface area contributed by atoms with Gasteiger partial charge in [-0.3, -0.25) is 4.79 Å². The highest BCUT2D eigenvalue weighted by Gasteiger charge is 2.12. The fraction of sp³-hybridized carbons (Fsp3) is 0.130. The molecule has 0 aliphatic heterocycles. The molecular weight excluding hydrogens is 350 g/mol. The van der Waals surface area contributed by atoms with Crippen LogP contribution in [0.5, 0.6) is 5.75 Å². The Balaban J connectivity index is 1.88. The standard InChI is InChI=1S/C23H19N3O2/c1-3-13-26-16-18(21-7-5-6-8-22(21)26)14-17(15-24)23(27)25-19-9-11-20(12-10-19)28-4-2/h1,5-12,14,16H,4,13H2,2H3,(H,25,27)/b17-14+. The number of amides is 1. The van der Waals surface area contributed by atoms with Crippen LogP contribution >= 0.6 is 0 Å². The molecule has 0 fully saturated rings. The molecule has 0 unspecified atom stereocenters. The first kappa shape index (κ1) is 18.8. The number of hydrogen-bond acceptors (Lipinski definition) is 3. The lowest BCUT2D eigenvalue weighted by Crippen LogP contribution is -2.13. The lowest BCUT2D eigenvalue weighted by molar-refractivity contribution is -0.112. The minimum Gasteiger partial charge on any atom is -0.494 e. The maximum Gasteiger partial charge on any atom is 0.266 e. The molecule has 2 aromatic carbocycles. The highest BCUT2D eigenvalue weighted by molar-refractivity contribution is 6.10. The normalized spacial score (nSPS) is 10.9. The molecule has 28 heavy (non-hydrogen) atoms. The molecule has 1 N–H and O–H groups in total. The SMILES string of the molecule is C#CCn1cc(/C=C(\C#N)C(=O)Nc2ccc(OCC)cc2)c2ccccc21. The quantitative estimate of drug-likeness (QED) is 0.402. The van der Waals surface area contributed by atoms with Gasteiger partial charge >= 0.3 is 0 Å². The maximum atomic E-state index is 12.6. The lowest BCUT2D eigenvalue weighted by atomic mass is 10.1. The van der Waals surface area contributed by atoms with Gasteiger partial charge in [0.15, 0.2) is 0 Å². The van der Waals surface area contributed by atoms with E-state index in [4.69, 9.17) is 11.2 Å². The van der Waals surface area contributed by atoms with E-state index in [1.807, 2.05) is 48.0 Å². The summed E-state index contributed by atoms with van der Waals surface area (Å²) >= 11 is 0. The zero-order chi connectivity index (χ0) is 19.9. The second-order valence-electron chi connectivity index (χ2n) is 6.01. The molecule has 1 heterocycles. The van der Waals surface area contributed by atoms with E-state index in [2.05, 4.69) is 11.2 Å². The Morgan fingerprint density at radius 3 is 2.68 bits per heavy atom. The van der Waals surface area contributed by atoms with Crippen molar-refractivity contribution in [1.29, 1.82) is 5.26 Å². The largest absolute Gasteiger partial charge is 0.494 e. The van der Waals surface area contributed by atoms with Crippen LogP contribution in [0, 0.1) is 23.7 Å². The fourth-order valence-corrected chi connectivity index (χ4v) is 2.92. The highest BCUT2D eigenvalue weighted by Crippen LogP contribution is 2.24. The Bertz CT molecular complexity index is 1110. The molecule has 5 nitrogen and oxygen atoms in total. The van der Waals surface area contributed by atoms with Crippen LogP contribution in [0.15, 0.2) is 60.3 Å². The molecule has 1 amide bonds. The molecule has 1 aromatic heterocycles. The average Bonchev–Trinajstić information content (AvgIpc) is 3.05. The number of aromatic nitrogens is 1. The molecule has 0 saturated carbocycles. The minimum absolute atomic E-state index is 0.0116. The molecule has 0 saturated heterocycles. The number of benzene rings is 2. The summed E-state index contributed by atoms with van der Waals surface area (Å²) in [6, 6.07) is 16.7. The van der Waals surface area contributed by atoms with E-state index in [1.165, 1.54) is 0 Å². The molecule has 0 spiro atoms. The van der Waals surface area contributed by atoms with Crippen molar-refractivity contribution in [2.45, 2.75) is 13.5 Å². The van der Waals surface area contributed by atoms with Gasteiger partial charge in [0.25, 0.3) is 5.91 Å². The number of carbonyl (C=O) groups is 1. The van der Waals surface area contributed by atoms with Gasteiger partial charge in [0, 0.05) is 28.4 Å². The van der Waals surface area contributed by atoms with Crippen molar-refractivity contribution in [1.82, 2.24) is 4.57 Å². The van der Waals surface area contributed by atoms with Gasteiger partial charge < -0.3 is 14.6 Å². The number of nitriles is 1. The molecule has 0 radical (unpaired) electrons. The zero-order valence-electron chi connectivity index (χ0n) is 15.5. The molecule has 138 valence electrons. The van der Waals surface area contributed by atoms with Gasteiger partial charge in [0.2, 0.25) is 0 Å². The Morgan fingerprint density at radius 1 is 1.25 bits per heavy atom. The number of rotatable bonds is 6. The van der Waals surface area contributed by atoms with E-state index in [9.17, 15) is 10.1 Å². The van der Waals surface area contributed by atoms with Crippen LogP contribution in [0.4, 0.5) is 5.69 Å². The van der Waals surface area contributed by atoms with Crippen molar-refractivity contribution < 1.29 is 9.53 Å². The first-order chi connectivity index (χ1) is 13.7. The molecule has 3 rings (SSSR count). The number of ether oxygens (including phenoxy) is 1. The molecule has 3 aromatic rings. The van der Waals surface area contributed by atoms with Gasteiger partial charge in [-0.15, -0.1) is 6.42 Å². The van der Waals surface area contributed by atoms with Crippen molar-refractivity contribution >= 4 is 28.6 Å². The smallest absolute Gasteiger partial charge is 0.266 e. The second kappa shape index (κ2) is 8.62. The van der Waals surface area contributed by atoms with E-state index in [1.54, 1.807) is 30.3 Å². The molecular formula is C23H19N3O2. The number of hydrogen-bond donors (Lipinski definition) is 1. The minimum atomic E-state index is -0.472. The summed E-state index contributed by atoms with van der Waals surface area (Å²) in [5, 5.41) is 13.2. The van der Waals surface area contributed by atoms with Crippen LogP contribution in [-0.2, 0) is 11.3 Å². The highest BCUT2D eigenvalue weighted by atomic mass is 16.5. The fourth-order valence-electron chi connectivity index (χ4n) is 2.92. The van der Waals surface area contributed by atoms with Gasteiger partial charge in [-0.2, -0.15) is 5.26 Å². The first-order valence-electron chi connectivity index (χ1n) is 8.83. The number of terminal acetylenes is 1. The summed E-state index contributed by atoms with van der Waals surface area (Å²) in [6.45, 7) is 2.88. The Morgan fingerprint density at radius 2 is 2.00 bits per heavy atom.